The topological polar surface area (TPSA) is 85.8 Å². The second-order valence-corrected chi connectivity index (χ2v) is 7.16. The smallest absolute Gasteiger partial charge is 0.240 e. The van der Waals surface area contributed by atoms with Gasteiger partial charge in [0, 0.05) is 6.07 Å². The summed E-state index contributed by atoms with van der Waals surface area (Å²) in [7, 11) is 0. The molecule has 1 aromatic carbocycles. The number of thioether (sulfide) groups is 1. The van der Waals surface area contributed by atoms with E-state index in [4.69, 9.17) is 4.52 Å². The number of anilines is 1. The molecule has 0 unspecified atom stereocenters. The van der Waals surface area contributed by atoms with Crippen LogP contribution in [0.5, 0.6) is 0 Å². The fourth-order valence-electron chi connectivity index (χ4n) is 2.40. The van der Waals surface area contributed by atoms with Crippen molar-refractivity contribution in [1.82, 2.24) is 19.9 Å². The van der Waals surface area contributed by atoms with Crippen LogP contribution in [0.4, 0.5) is 5.88 Å². The van der Waals surface area contributed by atoms with Crippen LogP contribution in [0.15, 0.2) is 40.3 Å². The van der Waals surface area contributed by atoms with E-state index in [-0.39, 0.29) is 11.2 Å². The molecule has 0 aliphatic carbocycles. The maximum Gasteiger partial charge on any atom is 0.240 e. The van der Waals surface area contributed by atoms with Crippen molar-refractivity contribution >= 4 is 23.6 Å². The Kier molecular flexibility index (Phi) is 4.89. The molecule has 1 amide bonds. The van der Waals surface area contributed by atoms with Crippen LogP contribution in [0.25, 0.3) is 5.69 Å². The first-order valence-electron chi connectivity index (χ1n) is 7.82. The highest BCUT2D eigenvalue weighted by Gasteiger charge is 2.20. The van der Waals surface area contributed by atoms with Crippen LogP contribution in [0.2, 0.25) is 0 Å². The quantitative estimate of drug-likeness (QED) is 0.705. The number of amides is 1. The molecular formula is C17H19N5O2S. The Bertz CT molecular complexity index is 902. The van der Waals surface area contributed by atoms with Gasteiger partial charge in [-0.2, -0.15) is 0 Å². The zero-order valence-electron chi connectivity index (χ0n) is 14.5. The third kappa shape index (κ3) is 3.90. The van der Waals surface area contributed by atoms with Gasteiger partial charge in [-0.3, -0.25) is 14.7 Å². The minimum atomic E-state index is -0.376. The summed E-state index contributed by atoms with van der Waals surface area (Å²) < 4.78 is 6.91. The highest BCUT2D eigenvalue weighted by molar-refractivity contribution is 8.00. The minimum Gasteiger partial charge on any atom is -0.338 e. The van der Waals surface area contributed by atoms with Crippen LogP contribution >= 0.6 is 11.8 Å². The molecule has 2 heterocycles. The van der Waals surface area contributed by atoms with Gasteiger partial charge in [0.1, 0.15) is 6.33 Å². The Morgan fingerprint density at radius 3 is 2.76 bits per heavy atom. The summed E-state index contributed by atoms with van der Waals surface area (Å²) >= 11 is 1.33. The Morgan fingerprint density at radius 2 is 2.08 bits per heavy atom. The average molecular weight is 357 g/mol. The number of hydrogen-bond donors (Lipinski definition) is 1. The largest absolute Gasteiger partial charge is 0.338 e. The molecule has 7 nitrogen and oxygen atoms in total. The maximum atomic E-state index is 12.3. The fraction of sp³-hybridized carbons (Fsp3) is 0.294. The van der Waals surface area contributed by atoms with Gasteiger partial charge in [0.2, 0.25) is 11.8 Å². The van der Waals surface area contributed by atoms with Crippen LogP contribution in [-0.2, 0) is 4.79 Å². The van der Waals surface area contributed by atoms with Crippen molar-refractivity contribution in [2.75, 3.05) is 5.32 Å². The van der Waals surface area contributed by atoms with Crippen molar-refractivity contribution in [2.24, 2.45) is 0 Å². The van der Waals surface area contributed by atoms with Crippen molar-refractivity contribution in [2.45, 2.75) is 38.1 Å². The molecule has 25 heavy (non-hydrogen) atoms. The SMILES string of the molecule is Cc1ccc(-n2cnnc2S[C@@H](C)C(=O)Nc2cc(C)no2)c(C)c1. The summed E-state index contributed by atoms with van der Waals surface area (Å²) in [5, 5.41) is 14.9. The predicted molar refractivity (Wildman–Crippen MR) is 96.0 cm³/mol. The molecule has 1 atom stereocenters. The van der Waals surface area contributed by atoms with Gasteiger partial charge in [0.05, 0.1) is 16.6 Å². The van der Waals surface area contributed by atoms with Crippen molar-refractivity contribution in [1.29, 1.82) is 0 Å². The molecule has 0 saturated carbocycles. The van der Waals surface area contributed by atoms with Gasteiger partial charge < -0.3 is 4.52 Å². The monoisotopic (exact) mass is 357 g/mol. The van der Waals surface area contributed by atoms with Gasteiger partial charge in [0.15, 0.2) is 5.16 Å². The van der Waals surface area contributed by atoms with Crippen LogP contribution in [0.3, 0.4) is 0 Å². The number of aromatic nitrogens is 4. The molecule has 0 saturated heterocycles. The van der Waals surface area contributed by atoms with E-state index in [2.05, 4.69) is 33.7 Å². The van der Waals surface area contributed by atoms with Crippen molar-refractivity contribution in [3.05, 3.63) is 47.4 Å². The molecular weight excluding hydrogens is 338 g/mol. The van der Waals surface area contributed by atoms with E-state index in [9.17, 15) is 4.79 Å². The first-order valence-corrected chi connectivity index (χ1v) is 8.70. The summed E-state index contributed by atoms with van der Waals surface area (Å²) in [5.41, 5.74) is 4.02. The van der Waals surface area contributed by atoms with E-state index in [1.807, 2.05) is 30.5 Å². The lowest BCUT2D eigenvalue weighted by Crippen LogP contribution is -2.22. The number of benzene rings is 1. The van der Waals surface area contributed by atoms with E-state index in [1.54, 1.807) is 19.3 Å². The molecule has 0 bridgehead atoms. The summed E-state index contributed by atoms with van der Waals surface area (Å²) in [6.07, 6.45) is 1.66. The molecule has 0 aliphatic rings. The molecule has 0 fully saturated rings. The number of carbonyl (C=O) groups is 1. The van der Waals surface area contributed by atoms with Gasteiger partial charge in [-0.05, 0) is 39.3 Å². The molecule has 0 spiro atoms. The highest BCUT2D eigenvalue weighted by Crippen LogP contribution is 2.26. The second kappa shape index (κ2) is 7.10. The first kappa shape index (κ1) is 17.2. The fourth-order valence-corrected chi connectivity index (χ4v) is 3.24. The van der Waals surface area contributed by atoms with E-state index < -0.39 is 0 Å². The number of rotatable bonds is 5. The Labute approximate surface area is 149 Å². The van der Waals surface area contributed by atoms with Crippen molar-refractivity contribution < 1.29 is 9.32 Å². The van der Waals surface area contributed by atoms with Gasteiger partial charge in [-0.15, -0.1) is 10.2 Å². The summed E-state index contributed by atoms with van der Waals surface area (Å²) in [5.74, 6) is 0.155. The number of hydrogen-bond acceptors (Lipinski definition) is 6. The van der Waals surface area contributed by atoms with Gasteiger partial charge in [-0.25, -0.2) is 0 Å². The van der Waals surface area contributed by atoms with Gasteiger partial charge >= 0.3 is 0 Å². The number of nitrogens with zero attached hydrogens (tertiary/aromatic N) is 4. The second-order valence-electron chi connectivity index (χ2n) is 5.86. The third-order valence-corrected chi connectivity index (χ3v) is 4.71. The van der Waals surface area contributed by atoms with Crippen LogP contribution in [0, 0.1) is 20.8 Å². The van der Waals surface area contributed by atoms with E-state index in [0.29, 0.717) is 16.7 Å². The molecule has 8 heteroatoms. The zero-order chi connectivity index (χ0) is 18.0. The van der Waals surface area contributed by atoms with Gasteiger partial charge in [0.25, 0.3) is 0 Å². The van der Waals surface area contributed by atoms with Crippen molar-refractivity contribution in [3.8, 4) is 5.69 Å². The Morgan fingerprint density at radius 1 is 1.28 bits per heavy atom. The molecule has 3 rings (SSSR count). The van der Waals surface area contributed by atoms with E-state index >= 15 is 0 Å². The lowest BCUT2D eigenvalue weighted by atomic mass is 10.1. The lowest BCUT2D eigenvalue weighted by molar-refractivity contribution is -0.115. The molecule has 0 aliphatic heterocycles. The summed E-state index contributed by atoms with van der Waals surface area (Å²) in [6.45, 7) is 7.70. The van der Waals surface area contributed by atoms with Gasteiger partial charge in [-0.1, -0.05) is 34.6 Å². The summed E-state index contributed by atoms with van der Waals surface area (Å²) in [6, 6.07) is 7.85. The third-order valence-electron chi connectivity index (χ3n) is 3.65. The lowest BCUT2D eigenvalue weighted by Gasteiger charge is -2.13. The normalized spacial score (nSPS) is 12.2. The number of aryl methyl sites for hydroxylation is 3. The number of carbonyl (C=O) groups excluding carboxylic acids is 1. The zero-order valence-corrected chi connectivity index (χ0v) is 15.3. The highest BCUT2D eigenvalue weighted by atomic mass is 32.2. The molecule has 3 aromatic rings. The van der Waals surface area contributed by atoms with Crippen molar-refractivity contribution in [3.63, 3.8) is 0 Å². The predicted octanol–water partition coefficient (Wildman–Crippen LogP) is 3.30. The molecule has 1 N–H and O–H groups in total. The number of nitrogens with one attached hydrogen (secondary N) is 1. The van der Waals surface area contributed by atoms with E-state index in [1.165, 1.54) is 17.3 Å². The Balaban J connectivity index is 1.75. The van der Waals surface area contributed by atoms with Crippen LogP contribution in [0.1, 0.15) is 23.7 Å². The van der Waals surface area contributed by atoms with Crippen LogP contribution in [-0.4, -0.2) is 31.1 Å². The minimum absolute atomic E-state index is 0.184. The Hall–Kier alpha value is -2.61. The average Bonchev–Trinajstić information content (AvgIpc) is 3.16. The van der Waals surface area contributed by atoms with Crippen LogP contribution < -0.4 is 5.32 Å². The maximum absolute atomic E-state index is 12.3. The summed E-state index contributed by atoms with van der Waals surface area (Å²) in [4.78, 5) is 12.3. The van der Waals surface area contributed by atoms with E-state index in [0.717, 1.165) is 11.3 Å². The first-order chi connectivity index (χ1) is 11.9. The molecule has 0 radical (unpaired) electrons. The molecule has 2 aromatic heterocycles. The molecule has 130 valence electrons. The standard InChI is InChI=1S/C17H19N5O2S/c1-10-5-6-14(11(2)7-10)22-9-18-20-17(22)25-13(4)16(23)19-15-8-12(3)21-24-15/h5-9,13H,1-4H3,(H,19,23)/t13-/m0/s1.